The molecule has 0 saturated heterocycles. The Hall–Kier alpha value is -4.38. The molecule has 11 heteroatoms. The van der Waals surface area contributed by atoms with Crippen LogP contribution in [-0.4, -0.2) is 27.5 Å². The minimum Gasteiger partial charge on any atom is -0.453 e. The van der Waals surface area contributed by atoms with E-state index in [1.807, 2.05) is 6.07 Å². The first-order chi connectivity index (χ1) is 17.8. The fraction of sp³-hybridized carbons (Fsp3) is 0.154. The third kappa shape index (κ3) is 4.73. The first kappa shape index (κ1) is 24.3. The van der Waals surface area contributed by atoms with Crippen molar-refractivity contribution in [3.8, 4) is 5.75 Å². The molecule has 1 aliphatic rings. The van der Waals surface area contributed by atoms with Gasteiger partial charge in [-0.05, 0) is 44.0 Å². The molecule has 1 N–H and O–H groups in total. The van der Waals surface area contributed by atoms with Crippen molar-refractivity contribution in [2.24, 2.45) is 5.10 Å². The van der Waals surface area contributed by atoms with Gasteiger partial charge in [0, 0.05) is 51.3 Å². The number of pyridine rings is 1. The number of rotatable bonds is 5. The predicted octanol–water partition coefficient (Wildman–Crippen LogP) is 5.50. The lowest BCUT2D eigenvalue weighted by Gasteiger charge is -2.13. The quantitative estimate of drug-likeness (QED) is 0.147. The molecule has 0 aliphatic heterocycles. The first-order valence-corrected chi connectivity index (χ1v) is 12.1. The molecular formula is C26H19BrN4O6. The average molecular weight is 563 g/mol. The number of nitro groups is 1. The van der Waals surface area contributed by atoms with Gasteiger partial charge in [-0.1, -0.05) is 28.1 Å². The number of furan rings is 1. The van der Waals surface area contributed by atoms with Crippen LogP contribution in [0.4, 0.5) is 5.69 Å². The number of hydrazone groups is 1. The number of carbonyl (C=O) groups excluding carboxylic acids is 2. The number of esters is 1. The van der Waals surface area contributed by atoms with E-state index in [2.05, 4.69) is 31.4 Å². The van der Waals surface area contributed by atoms with Crippen LogP contribution in [0.5, 0.6) is 5.75 Å². The molecule has 0 radical (unpaired) electrons. The summed E-state index contributed by atoms with van der Waals surface area (Å²) in [5.41, 5.74) is 4.67. The van der Waals surface area contributed by atoms with Crippen molar-refractivity contribution in [1.82, 2.24) is 10.4 Å². The van der Waals surface area contributed by atoms with Crippen molar-refractivity contribution in [3.05, 3.63) is 97.5 Å². The summed E-state index contributed by atoms with van der Waals surface area (Å²) in [7, 11) is 0. The Morgan fingerprint density at radius 1 is 1.19 bits per heavy atom. The summed E-state index contributed by atoms with van der Waals surface area (Å²) in [6, 6.07) is 12.5. The molecule has 0 spiro atoms. The zero-order valence-corrected chi connectivity index (χ0v) is 21.1. The van der Waals surface area contributed by atoms with Crippen molar-refractivity contribution < 1.29 is 23.7 Å². The monoisotopic (exact) mass is 562 g/mol. The molecule has 0 atom stereocenters. The topological polar surface area (TPSA) is 137 Å². The highest BCUT2D eigenvalue weighted by Gasteiger charge is 2.29. The summed E-state index contributed by atoms with van der Waals surface area (Å²) in [4.78, 5) is 40.4. The lowest BCUT2D eigenvalue weighted by atomic mass is 9.93. The Kier molecular flexibility index (Phi) is 6.53. The second kappa shape index (κ2) is 9.94. The zero-order chi connectivity index (χ0) is 26.1. The van der Waals surface area contributed by atoms with Crippen molar-refractivity contribution in [1.29, 1.82) is 0 Å². The maximum Gasteiger partial charge on any atom is 0.380 e. The third-order valence-corrected chi connectivity index (χ3v) is 6.70. The summed E-state index contributed by atoms with van der Waals surface area (Å²) in [6.07, 6.45) is 3.48. The standard InChI is InChI=1S/C26H19BrN4O6/c1-14-22-19(29-30-25(32)15-5-2-6-16(13-15)31(34)35)8-3-9-20(22)36-24(14)26(33)37-21-11-10-18(27)17-7-4-12-28-23(17)21/h2,4-7,10-13H,3,8-9H2,1H3,(H,30,32)/b29-19+. The van der Waals surface area contributed by atoms with Crippen molar-refractivity contribution >= 4 is 50.1 Å². The molecule has 4 aromatic rings. The minimum absolute atomic E-state index is 0.0524. The summed E-state index contributed by atoms with van der Waals surface area (Å²) in [5.74, 6) is -0.315. The largest absolute Gasteiger partial charge is 0.453 e. The van der Waals surface area contributed by atoms with Crippen molar-refractivity contribution in [3.63, 3.8) is 0 Å². The summed E-state index contributed by atoms with van der Waals surface area (Å²) in [5, 5.41) is 16.1. The number of ether oxygens (including phenoxy) is 1. The number of hydrogen-bond donors (Lipinski definition) is 1. The van der Waals surface area contributed by atoms with Gasteiger partial charge in [0.15, 0.2) is 5.75 Å². The number of benzene rings is 2. The molecule has 2 aromatic heterocycles. The number of nitro benzene ring substituents is 1. The van der Waals surface area contributed by atoms with Crippen LogP contribution in [0.1, 0.15) is 50.6 Å². The number of carbonyl (C=O) groups is 2. The van der Waals surface area contributed by atoms with Gasteiger partial charge in [-0.15, -0.1) is 0 Å². The number of nitrogens with one attached hydrogen (secondary N) is 1. The van der Waals surface area contributed by atoms with E-state index < -0.39 is 16.8 Å². The fourth-order valence-electron chi connectivity index (χ4n) is 4.26. The van der Waals surface area contributed by atoms with E-state index >= 15 is 0 Å². The van der Waals surface area contributed by atoms with Crippen molar-refractivity contribution in [2.75, 3.05) is 0 Å². The first-order valence-electron chi connectivity index (χ1n) is 11.3. The fourth-order valence-corrected chi connectivity index (χ4v) is 4.71. The molecule has 0 saturated carbocycles. The predicted molar refractivity (Wildman–Crippen MR) is 138 cm³/mol. The van der Waals surface area contributed by atoms with Crippen LogP contribution < -0.4 is 10.2 Å². The van der Waals surface area contributed by atoms with E-state index in [9.17, 15) is 19.7 Å². The Morgan fingerprint density at radius 3 is 2.84 bits per heavy atom. The summed E-state index contributed by atoms with van der Waals surface area (Å²) in [6.45, 7) is 1.74. The molecule has 0 unspecified atom stereocenters. The van der Waals surface area contributed by atoms with E-state index in [1.165, 1.54) is 24.3 Å². The maximum absolute atomic E-state index is 13.1. The Bertz CT molecular complexity index is 1610. The van der Waals surface area contributed by atoms with Gasteiger partial charge in [-0.3, -0.25) is 19.9 Å². The SMILES string of the molecule is Cc1c(C(=O)Oc2ccc(Br)c3cccnc23)oc2c1/C(=N/NC(=O)c1cccc([N+](=O)[O-])c1)CCC2. The Morgan fingerprint density at radius 2 is 2.03 bits per heavy atom. The molecule has 10 nitrogen and oxygen atoms in total. The normalized spacial score (nSPS) is 13.8. The number of aryl methyl sites for hydroxylation is 1. The van der Waals surface area contributed by atoms with Gasteiger partial charge in [0.1, 0.15) is 11.3 Å². The number of halogens is 1. The molecule has 186 valence electrons. The number of fused-ring (bicyclic) bond motifs is 2. The minimum atomic E-state index is -0.666. The van der Waals surface area contributed by atoms with E-state index in [0.29, 0.717) is 53.1 Å². The molecule has 1 amide bonds. The van der Waals surface area contributed by atoms with Gasteiger partial charge in [0.25, 0.3) is 11.6 Å². The molecule has 2 aromatic carbocycles. The maximum atomic E-state index is 13.1. The number of nitrogens with zero attached hydrogens (tertiary/aromatic N) is 3. The Balaban J connectivity index is 1.40. The lowest BCUT2D eigenvalue weighted by Crippen LogP contribution is -2.22. The molecule has 5 rings (SSSR count). The molecule has 37 heavy (non-hydrogen) atoms. The molecular weight excluding hydrogens is 544 g/mol. The third-order valence-electron chi connectivity index (χ3n) is 6.00. The molecule has 0 bridgehead atoms. The Labute approximate surface area is 218 Å². The number of amides is 1. The van der Waals surface area contributed by atoms with Crippen LogP contribution >= 0.6 is 15.9 Å². The van der Waals surface area contributed by atoms with Gasteiger partial charge >= 0.3 is 5.97 Å². The van der Waals surface area contributed by atoms with Crippen LogP contribution in [0.15, 0.2) is 68.7 Å². The summed E-state index contributed by atoms with van der Waals surface area (Å²) < 4.78 is 12.4. The molecule has 0 fully saturated rings. The van der Waals surface area contributed by atoms with E-state index in [-0.39, 0.29) is 17.0 Å². The zero-order valence-electron chi connectivity index (χ0n) is 19.5. The van der Waals surface area contributed by atoms with E-state index in [1.54, 1.807) is 31.3 Å². The highest BCUT2D eigenvalue weighted by molar-refractivity contribution is 9.10. The molecule has 2 heterocycles. The lowest BCUT2D eigenvalue weighted by molar-refractivity contribution is -0.384. The van der Waals surface area contributed by atoms with Gasteiger partial charge in [-0.25, -0.2) is 10.2 Å². The van der Waals surface area contributed by atoms with Gasteiger partial charge in [0.2, 0.25) is 5.76 Å². The smallest absolute Gasteiger partial charge is 0.380 e. The van der Waals surface area contributed by atoms with E-state index in [4.69, 9.17) is 9.15 Å². The van der Waals surface area contributed by atoms with Crippen LogP contribution in [0.25, 0.3) is 10.9 Å². The van der Waals surface area contributed by atoms with Crippen LogP contribution in [0, 0.1) is 17.0 Å². The second-order valence-corrected chi connectivity index (χ2v) is 9.20. The van der Waals surface area contributed by atoms with Crippen LogP contribution in [-0.2, 0) is 6.42 Å². The van der Waals surface area contributed by atoms with Crippen LogP contribution in [0.3, 0.4) is 0 Å². The molecule has 1 aliphatic carbocycles. The number of aromatic nitrogens is 1. The average Bonchev–Trinajstić information content (AvgIpc) is 3.26. The second-order valence-electron chi connectivity index (χ2n) is 8.35. The van der Waals surface area contributed by atoms with Crippen molar-refractivity contribution in [2.45, 2.75) is 26.2 Å². The van der Waals surface area contributed by atoms with Gasteiger partial charge in [0.05, 0.1) is 10.6 Å². The van der Waals surface area contributed by atoms with Gasteiger partial charge in [-0.2, -0.15) is 5.10 Å². The van der Waals surface area contributed by atoms with E-state index in [0.717, 1.165) is 9.86 Å². The number of non-ortho nitro benzene ring substituents is 1. The highest BCUT2D eigenvalue weighted by atomic mass is 79.9. The van der Waals surface area contributed by atoms with Gasteiger partial charge < -0.3 is 9.15 Å². The number of hydrogen-bond acceptors (Lipinski definition) is 8. The van der Waals surface area contributed by atoms with Crippen LogP contribution in [0.2, 0.25) is 0 Å². The highest BCUT2D eigenvalue weighted by Crippen LogP contribution is 2.33. The summed E-state index contributed by atoms with van der Waals surface area (Å²) >= 11 is 3.48.